The van der Waals surface area contributed by atoms with E-state index >= 15 is 0 Å². The maximum Gasteiger partial charge on any atom is 0.124 e. The van der Waals surface area contributed by atoms with Gasteiger partial charge in [0.15, 0.2) is 0 Å². The molecular formula is C13H21NO4S. The van der Waals surface area contributed by atoms with Crippen LogP contribution in [0.2, 0.25) is 0 Å². The van der Waals surface area contributed by atoms with Crippen molar-refractivity contribution in [2.75, 3.05) is 40.4 Å². The minimum absolute atomic E-state index is 0.178. The lowest BCUT2D eigenvalue weighted by Gasteiger charge is -2.33. The zero-order valence-electron chi connectivity index (χ0n) is 11.6. The summed E-state index contributed by atoms with van der Waals surface area (Å²) in [6.45, 7) is 6.03. The van der Waals surface area contributed by atoms with E-state index in [1.54, 1.807) is 12.1 Å². The Hall–Kier alpha value is -0.950. The smallest absolute Gasteiger partial charge is 0.124 e. The Balaban J connectivity index is 0.000000200. The van der Waals surface area contributed by atoms with Crippen LogP contribution in [-0.2, 0) is 14.9 Å². The number of morpholine rings is 1. The minimum Gasteiger partial charge on any atom is -0.744 e. The number of benzene rings is 1. The molecule has 0 atom stereocenters. The normalized spacial score (nSPS) is 18.3. The molecule has 19 heavy (non-hydrogen) atoms. The van der Waals surface area contributed by atoms with Gasteiger partial charge in [-0.3, -0.25) is 0 Å². The summed E-state index contributed by atoms with van der Waals surface area (Å²) >= 11 is 0. The van der Waals surface area contributed by atoms with Crippen molar-refractivity contribution in [2.45, 2.75) is 11.8 Å². The lowest BCUT2D eigenvalue weighted by molar-refractivity contribution is -0.898. The van der Waals surface area contributed by atoms with E-state index in [1.807, 2.05) is 6.92 Å². The first-order valence-corrected chi connectivity index (χ1v) is 7.54. The third-order valence-corrected chi connectivity index (χ3v) is 3.84. The van der Waals surface area contributed by atoms with Crippen LogP contribution in [-0.4, -0.2) is 57.9 Å². The van der Waals surface area contributed by atoms with Gasteiger partial charge in [0.2, 0.25) is 0 Å². The summed E-state index contributed by atoms with van der Waals surface area (Å²) in [5.41, 5.74) is 0.928. The lowest BCUT2D eigenvalue weighted by atomic mass is 10.2. The van der Waals surface area contributed by atoms with Gasteiger partial charge >= 0.3 is 0 Å². The second kappa shape index (κ2) is 6.47. The van der Waals surface area contributed by atoms with Gasteiger partial charge in [-0.25, -0.2) is 8.42 Å². The second-order valence-corrected chi connectivity index (χ2v) is 6.64. The zero-order valence-corrected chi connectivity index (χ0v) is 12.4. The summed E-state index contributed by atoms with van der Waals surface area (Å²) < 4.78 is 37.5. The largest absolute Gasteiger partial charge is 0.744 e. The molecule has 0 aromatic heterocycles. The van der Waals surface area contributed by atoms with E-state index in [4.69, 9.17) is 4.74 Å². The fourth-order valence-corrected chi connectivity index (χ4v) is 2.01. The maximum atomic E-state index is 10.4. The molecule has 0 saturated carbocycles. The first-order valence-electron chi connectivity index (χ1n) is 6.13. The van der Waals surface area contributed by atoms with Gasteiger partial charge in [0.1, 0.15) is 23.2 Å². The van der Waals surface area contributed by atoms with E-state index in [-0.39, 0.29) is 4.90 Å². The Morgan fingerprint density at radius 2 is 1.58 bits per heavy atom. The first-order chi connectivity index (χ1) is 8.71. The molecule has 0 bridgehead atoms. The summed E-state index contributed by atoms with van der Waals surface area (Å²) in [5, 5.41) is 0. The number of likely N-dealkylation sites (N-methyl/N-ethyl adjacent to an activating group) is 1. The van der Waals surface area contributed by atoms with Gasteiger partial charge in [0.25, 0.3) is 0 Å². The number of ether oxygens (including phenoxy) is 1. The molecule has 1 fully saturated rings. The molecule has 0 aliphatic carbocycles. The van der Waals surface area contributed by atoms with Crippen LogP contribution < -0.4 is 0 Å². The average molecular weight is 287 g/mol. The van der Waals surface area contributed by atoms with Gasteiger partial charge < -0.3 is 13.8 Å². The van der Waals surface area contributed by atoms with Crippen LogP contribution in [0.4, 0.5) is 0 Å². The summed E-state index contributed by atoms with van der Waals surface area (Å²) in [6.07, 6.45) is 0. The molecule has 1 heterocycles. The zero-order chi connectivity index (χ0) is 14.5. The SMILES string of the molecule is C[N+]1(C)CCOCC1.Cc1ccc(S(=O)(=O)[O-])cc1. The Morgan fingerprint density at radius 1 is 1.11 bits per heavy atom. The van der Waals surface area contributed by atoms with Crippen LogP contribution >= 0.6 is 0 Å². The second-order valence-electron chi connectivity index (χ2n) is 5.26. The van der Waals surface area contributed by atoms with Gasteiger partial charge in [-0.1, -0.05) is 17.7 Å². The molecule has 0 amide bonds. The molecule has 0 radical (unpaired) electrons. The first kappa shape index (κ1) is 16.1. The van der Waals surface area contributed by atoms with E-state index < -0.39 is 10.1 Å². The van der Waals surface area contributed by atoms with Crippen molar-refractivity contribution in [2.24, 2.45) is 0 Å². The standard InChI is InChI=1S/C7H8O3S.C6H14NO/c1-6-2-4-7(5-3-6)11(8,9)10;1-7(2)3-5-8-6-4-7/h2-5H,1H3,(H,8,9,10);3-6H2,1-2H3/q;+1/p-1. The van der Waals surface area contributed by atoms with Crippen molar-refractivity contribution in [1.29, 1.82) is 0 Å². The number of hydrogen-bond acceptors (Lipinski definition) is 4. The third kappa shape index (κ3) is 6.15. The summed E-state index contributed by atoms with van der Waals surface area (Å²) in [6, 6.07) is 5.78. The minimum atomic E-state index is -4.27. The van der Waals surface area contributed by atoms with Crippen LogP contribution in [0.5, 0.6) is 0 Å². The number of aryl methyl sites for hydroxylation is 1. The number of rotatable bonds is 1. The Morgan fingerprint density at radius 3 is 1.89 bits per heavy atom. The molecule has 2 rings (SSSR count). The molecule has 0 spiro atoms. The lowest BCUT2D eigenvalue weighted by Crippen LogP contribution is -2.48. The molecule has 1 aliphatic heterocycles. The van der Waals surface area contributed by atoms with Gasteiger partial charge in [0, 0.05) is 0 Å². The van der Waals surface area contributed by atoms with Crippen LogP contribution in [0.15, 0.2) is 29.2 Å². The molecule has 108 valence electrons. The van der Waals surface area contributed by atoms with E-state index in [2.05, 4.69) is 14.1 Å². The fraction of sp³-hybridized carbons (Fsp3) is 0.538. The summed E-state index contributed by atoms with van der Waals surface area (Å²) in [5.74, 6) is 0. The Bertz CT molecular complexity index is 486. The highest BCUT2D eigenvalue weighted by Gasteiger charge is 2.18. The number of hydrogen-bond donors (Lipinski definition) is 0. The molecule has 5 nitrogen and oxygen atoms in total. The molecule has 6 heteroatoms. The molecule has 1 aliphatic rings. The quantitative estimate of drug-likeness (QED) is 0.571. The third-order valence-electron chi connectivity index (χ3n) is 2.99. The van der Waals surface area contributed by atoms with E-state index in [9.17, 15) is 13.0 Å². The fourth-order valence-electron chi connectivity index (χ4n) is 1.54. The highest BCUT2D eigenvalue weighted by molar-refractivity contribution is 7.85. The maximum absolute atomic E-state index is 10.4. The molecule has 1 aromatic carbocycles. The van der Waals surface area contributed by atoms with Gasteiger partial charge in [0.05, 0.1) is 32.2 Å². The number of quaternary nitrogens is 1. The highest BCUT2D eigenvalue weighted by atomic mass is 32.2. The molecule has 0 N–H and O–H groups in total. The summed E-state index contributed by atoms with van der Waals surface area (Å²) in [7, 11) is 0.208. The van der Waals surface area contributed by atoms with Gasteiger partial charge in [-0.15, -0.1) is 0 Å². The average Bonchev–Trinajstić information content (AvgIpc) is 2.28. The van der Waals surface area contributed by atoms with Gasteiger partial charge in [-0.2, -0.15) is 0 Å². The Kier molecular flexibility index (Phi) is 5.49. The molecule has 0 unspecified atom stereocenters. The van der Waals surface area contributed by atoms with E-state index in [0.29, 0.717) is 0 Å². The highest BCUT2D eigenvalue weighted by Crippen LogP contribution is 2.08. The predicted molar refractivity (Wildman–Crippen MR) is 71.8 cm³/mol. The van der Waals surface area contributed by atoms with Crippen molar-refractivity contribution in [1.82, 2.24) is 0 Å². The Labute approximate surface area is 115 Å². The van der Waals surface area contributed by atoms with Crippen molar-refractivity contribution >= 4 is 10.1 Å². The summed E-state index contributed by atoms with van der Waals surface area (Å²) in [4.78, 5) is -0.178. The van der Waals surface area contributed by atoms with Crippen molar-refractivity contribution in [3.05, 3.63) is 29.8 Å². The van der Waals surface area contributed by atoms with Crippen molar-refractivity contribution < 1.29 is 22.2 Å². The van der Waals surface area contributed by atoms with E-state index in [1.165, 1.54) is 25.2 Å². The van der Waals surface area contributed by atoms with Crippen LogP contribution in [0.3, 0.4) is 0 Å². The van der Waals surface area contributed by atoms with Crippen LogP contribution in [0.25, 0.3) is 0 Å². The van der Waals surface area contributed by atoms with Crippen LogP contribution in [0, 0.1) is 6.92 Å². The topological polar surface area (TPSA) is 66.4 Å². The van der Waals surface area contributed by atoms with Gasteiger partial charge in [-0.05, 0) is 19.1 Å². The molecular weight excluding hydrogens is 266 g/mol. The van der Waals surface area contributed by atoms with Crippen LogP contribution in [0.1, 0.15) is 5.56 Å². The predicted octanol–water partition coefficient (Wildman–Crippen LogP) is 0.992. The molecule has 1 aromatic rings. The monoisotopic (exact) mass is 287 g/mol. The molecule has 1 saturated heterocycles. The number of nitrogens with zero attached hydrogens (tertiary/aromatic N) is 1. The van der Waals surface area contributed by atoms with Crippen molar-refractivity contribution in [3.8, 4) is 0 Å². The van der Waals surface area contributed by atoms with Crippen molar-refractivity contribution in [3.63, 3.8) is 0 Å². The van der Waals surface area contributed by atoms with E-state index in [0.717, 1.165) is 23.3 Å².